The molecular weight excluding hydrogens is 188 g/mol. The molecule has 66 valence electrons. The molecule has 0 amide bonds. The van der Waals surface area contributed by atoms with Gasteiger partial charge in [-0.15, -0.1) is 0 Å². The smallest absolute Gasteiger partial charge is 0.231 e. The maximum Gasteiger partial charge on any atom is 0.231 e. The molecule has 7 heteroatoms. The van der Waals surface area contributed by atoms with Crippen LogP contribution in [0.1, 0.15) is 0 Å². The van der Waals surface area contributed by atoms with Gasteiger partial charge in [-0.3, -0.25) is 0 Å². The van der Waals surface area contributed by atoms with Crippen LogP contribution in [0, 0.1) is 0 Å². The molecule has 0 bridgehead atoms. The van der Waals surface area contributed by atoms with Gasteiger partial charge in [-0.2, -0.15) is 4.98 Å². The molecule has 0 fully saturated rings. The minimum Gasteiger partial charge on any atom is -0.376 e. The third-order valence-corrected chi connectivity index (χ3v) is 1.51. The van der Waals surface area contributed by atoms with Gasteiger partial charge in [0.1, 0.15) is 5.52 Å². The third kappa shape index (κ3) is 1.54. The molecule has 6 nitrogen and oxygen atoms in total. The van der Waals surface area contributed by atoms with Crippen LogP contribution in [0.5, 0.6) is 0 Å². The van der Waals surface area contributed by atoms with Gasteiger partial charge in [-0.25, -0.2) is 9.97 Å². The average molecular weight is 194 g/mol. The van der Waals surface area contributed by atoms with E-state index in [0.29, 0.717) is 11.6 Å². The van der Waals surface area contributed by atoms with Crippen LogP contribution >= 0.6 is 12.2 Å². The number of rotatable bonds is 1. The number of nitrogens with one attached hydrogen (secondary N) is 2. The van der Waals surface area contributed by atoms with E-state index in [0.717, 1.165) is 5.52 Å². The van der Waals surface area contributed by atoms with E-state index in [1.54, 1.807) is 12.5 Å². The molecule has 0 aliphatic carbocycles. The monoisotopic (exact) mass is 194 g/mol. The van der Waals surface area contributed by atoms with Crippen molar-refractivity contribution in [1.82, 2.24) is 19.9 Å². The summed E-state index contributed by atoms with van der Waals surface area (Å²) >= 11 is 4.64. The Bertz CT molecular complexity index is 449. The molecule has 0 saturated carbocycles. The number of hydrogen-bond donors (Lipinski definition) is 3. The number of nitrogens with two attached hydrogens (primary N) is 1. The van der Waals surface area contributed by atoms with Gasteiger partial charge in [-0.1, -0.05) is 0 Å². The molecule has 0 saturated heterocycles. The molecular formula is C6H6N6S. The van der Waals surface area contributed by atoms with E-state index >= 15 is 0 Å². The summed E-state index contributed by atoms with van der Waals surface area (Å²) in [6.45, 7) is 0. The number of thiocarbonyl (C=S) groups is 1. The van der Waals surface area contributed by atoms with Gasteiger partial charge < -0.3 is 16.0 Å². The fourth-order valence-corrected chi connectivity index (χ4v) is 0.998. The number of anilines is 1. The predicted octanol–water partition coefficient (Wildman–Crippen LogP) is 0.00840. The van der Waals surface area contributed by atoms with E-state index in [1.807, 2.05) is 0 Å². The summed E-state index contributed by atoms with van der Waals surface area (Å²) in [7, 11) is 0. The lowest BCUT2D eigenvalue weighted by molar-refractivity contribution is 1.20. The van der Waals surface area contributed by atoms with Crippen LogP contribution in [0.15, 0.2) is 12.5 Å². The van der Waals surface area contributed by atoms with Gasteiger partial charge >= 0.3 is 0 Å². The minimum atomic E-state index is 0.134. The van der Waals surface area contributed by atoms with Crippen molar-refractivity contribution in [1.29, 1.82) is 0 Å². The second-order valence-corrected chi connectivity index (χ2v) is 2.76. The molecule has 0 aliphatic heterocycles. The zero-order chi connectivity index (χ0) is 9.26. The minimum absolute atomic E-state index is 0.134. The van der Waals surface area contributed by atoms with Crippen LogP contribution in [0.2, 0.25) is 0 Å². The second-order valence-electron chi connectivity index (χ2n) is 2.32. The maximum atomic E-state index is 5.26. The first-order valence-electron chi connectivity index (χ1n) is 3.48. The van der Waals surface area contributed by atoms with E-state index < -0.39 is 0 Å². The lowest BCUT2D eigenvalue weighted by Gasteiger charge is -1.99. The first-order chi connectivity index (χ1) is 6.25. The highest BCUT2D eigenvalue weighted by Gasteiger charge is 2.00. The van der Waals surface area contributed by atoms with Gasteiger partial charge in [0.05, 0.1) is 12.5 Å². The Kier molecular flexibility index (Phi) is 1.78. The van der Waals surface area contributed by atoms with Gasteiger partial charge in [0.25, 0.3) is 0 Å². The summed E-state index contributed by atoms with van der Waals surface area (Å²) in [5, 5.41) is 2.75. The van der Waals surface area contributed by atoms with E-state index in [-0.39, 0.29) is 5.11 Å². The number of hydrogen-bond acceptors (Lipinski definition) is 4. The largest absolute Gasteiger partial charge is 0.376 e. The normalized spacial score (nSPS) is 10.2. The highest BCUT2D eigenvalue weighted by Crippen LogP contribution is 2.06. The van der Waals surface area contributed by atoms with Crippen molar-refractivity contribution < 1.29 is 0 Å². The average Bonchev–Trinajstić information content (AvgIpc) is 2.49. The number of aromatic nitrogens is 4. The van der Waals surface area contributed by atoms with Gasteiger partial charge in [0.15, 0.2) is 10.8 Å². The number of nitrogens with zero attached hydrogens (tertiary/aromatic N) is 3. The Morgan fingerprint density at radius 3 is 3.15 bits per heavy atom. The van der Waals surface area contributed by atoms with E-state index in [1.165, 1.54) is 0 Å². The Morgan fingerprint density at radius 1 is 1.54 bits per heavy atom. The van der Waals surface area contributed by atoms with Crippen molar-refractivity contribution in [3.05, 3.63) is 12.5 Å². The van der Waals surface area contributed by atoms with Crippen LogP contribution < -0.4 is 11.1 Å². The fraction of sp³-hybridized carbons (Fsp3) is 0. The molecule has 0 radical (unpaired) electrons. The van der Waals surface area contributed by atoms with Crippen molar-refractivity contribution in [2.45, 2.75) is 0 Å². The first-order valence-corrected chi connectivity index (χ1v) is 3.89. The molecule has 2 aromatic rings. The SMILES string of the molecule is NC(=S)Nc1ncc2[nH]cnc2n1. The fourth-order valence-electron chi connectivity index (χ4n) is 0.906. The Hall–Kier alpha value is -1.76. The standard InChI is InChI=1S/C6H6N6S/c7-5(13)12-6-8-1-3-4(11-6)10-2-9-3/h1-2H,(H4,7,8,9,10,11,12,13). The van der Waals surface area contributed by atoms with E-state index in [2.05, 4.69) is 37.5 Å². The van der Waals surface area contributed by atoms with Crippen molar-refractivity contribution in [3.8, 4) is 0 Å². The third-order valence-electron chi connectivity index (χ3n) is 1.41. The summed E-state index contributed by atoms with van der Waals surface area (Å²) in [6, 6.07) is 0. The summed E-state index contributed by atoms with van der Waals surface area (Å²) in [5.41, 5.74) is 6.61. The quantitative estimate of drug-likeness (QED) is 0.554. The number of H-pyrrole nitrogens is 1. The van der Waals surface area contributed by atoms with Gasteiger partial charge in [0, 0.05) is 0 Å². The van der Waals surface area contributed by atoms with Crippen LogP contribution in [-0.4, -0.2) is 25.0 Å². The second kappa shape index (κ2) is 2.94. The van der Waals surface area contributed by atoms with Crippen molar-refractivity contribution in [2.75, 3.05) is 5.32 Å². The maximum absolute atomic E-state index is 5.26. The number of aromatic amines is 1. The lowest BCUT2D eigenvalue weighted by Crippen LogP contribution is -2.20. The van der Waals surface area contributed by atoms with Gasteiger partial charge in [-0.05, 0) is 12.2 Å². The molecule has 0 aliphatic rings. The van der Waals surface area contributed by atoms with Crippen LogP contribution in [0.4, 0.5) is 5.95 Å². The zero-order valence-corrected chi connectivity index (χ0v) is 7.30. The highest BCUT2D eigenvalue weighted by atomic mass is 32.1. The van der Waals surface area contributed by atoms with Gasteiger partial charge in [0.2, 0.25) is 5.95 Å². The Morgan fingerprint density at radius 2 is 2.38 bits per heavy atom. The van der Waals surface area contributed by atoms with Crippen LogP contribution in [0.3, 0.4) is 0 Å². The van der Waals surface area contributed by atoms with Crippen molar-refractivity contribution >= 4 is 34.4 Å². The zero-order valence-electron chi connectivity index (χ0n) is 6.48. The summed E-state index contributed by atoms with van der Waals surface area (Å²) < 4.78 is 0. The number of fused-ring (bicyclic) bond motifs is 1. The first kappa shape index (κ1) is 7.87. The summed E-state index contributed by atoms with van der Waals surface area (Å²) in [4.78, 5) is 14.8. The number of imidazole rings is 1. The summed E-state index contributed by atoms with van der Waals surface area (Å²) in [5.74, 6) is 0.354. The van der Waals surface area contributed by atoms with Crippen molar-refractivity contribution in [2.24, 2.45) is 5.73 Å². The molecule has 2 rings (SSSR count). The lowest BCUT2D eigenvalue weighted by atomic mass is 10.6. The van der Waals surface area contributed by atoms with E-state index in [4.69, 9.17) is 5.73 Å². The molecule has 0 spiro atoms. The van der Waals surface area contributed by atoms with Crippen molar-refractivity contribution in [3.63, 3.8) is 0 Å². The van der Waals surface area contributed by atoms with Crippen LogP contribution in [0.25, 0.3) is 11.2 Å². The Labute approximate surface area is 78.6 Å². The molecule has 0 unspecified atom stereocenters. The predicted molar refractivity (Wildman–Crippen MR) is 52.1 cm³/mol. The topological polar surface area (TPSA) is 92.5 Å². The summed E-state index contributed by atoms with van der Waals surface area (Å²) in [6.07, 6.45) is 3.15. The molecule has 0 atom stereocenters. The molecule has 0 aromatic carbocycles. The molecule has 2 heterocycles. The van der Waals surface area contributed by atoms with E-state index in [9.17, 15) is 0 Å². The molecule has 4 N–H and O–H groups in total. The van der Waals surface area contributed by atoms with Crippen LogP contribution in [-0.2, 0) is 0 Å². The molecule has 13 heavy (non-hydrogen) atoms. The highest BCUT2D eigenvalue weighted by molar-refractivity contribution is 7.80. The molecule has 2 aromatic heterocycles. The Balaban J connectivity index is 2.42.